The largest absolute Gasteiger partial charge is 0.494 e. The second-order valence-corrected chi connectivity index (χ2v) is 6.39. The Labute approximate surface area is 165 Å². The number of rotatable bonds is 10. The number of carbonyl (C=O) groups is 2. The summed E-state index contributed by atoms with van der Waals surface area (Å²) in [6, 6.07) is 8.42. The van der Waals surface area contributed by atoms with Gasteiger partial charge in [0, 0.05) is 18.3 Å². The second kappa shape index (κ2) is 11.0. The van der Waals surface area contributed by atoms with Crippen LogP contribution in [-0.4, -0.2) is 41.7 Å². The van der Waals surface area contributed by atoms with E-state index in [1.54, 1.807) is 37.3 Å². The van der Waals surface area contributed by atoms with Gasteiger partial charge >= 0.3 is 6.03 Å². The number of benzene rings is 1. The quantitative estimate of drug-likeness (QED) is 0.599. The molecule has 1 aromatic carbocycles. The minimum Gasteiger partial charge on any atom is -0.494 e. The zero-order valence-corrected chi connectivity index (χ0v) is 16.7. The standard InChI is InChI=1S/C20H28N4O4/c1-4-6-7-12-24(14-19(25)22-18-13-15(3)28-23-18)20(26)21-16-8-10-17(11-9-16)27-5-2/h8-11,13H,4-7,12,14H2,1-3H3,(H,21,26)(H,22,23,25). The van der Waals surface area contributed by atoms with Crippen molar-refractivity contribution in [3.05, 3.63) is 36.1 Å². The Morgan fingerprint density at radius 3 is 2.50 bits per heavy atom. The number of carbonyl (C=O) groups excluding carboxylic acids is 2. The van der Waals surface area contributed by atoms with Gasteiger partial charge < -0.3 is 24.8 Å². The lowest BCUT2D eigenvalue weighted by atomic mass is 10.2. The molecule has 0 unspecified atom stereocenters. The normalized spacial score (nSPS) is 10.4. The van der Waals surface area contributed by atoms with Crippen LogP contribution in [0.15, 0.2) is 34.9 Å². The van der Waals surface area contributed by atoms with Crippen LogP contribution in [0.4, 0.5) is 16.3 Å². The van der Waals surface area contributed by atoms with Crippen LogP contribution in [0.5, 0.6) is 5.75 Å². The lowest BCUT2D eigenvalue weighted by Crippen LogP contribution is -2.41. The van der Waals surface area contributed by atoms with E-state index < -0.39 is 0 Å². The Balaban J connectivity index is 1.97. The van der Waals surface area contributed by atoms with Crippen LogP contribution in [0.25, 0.3) is 0 Å². The maximum Gasteiger partial charge on any atom is 0.322 e. The summed E-state index contributed by atoms with van der Waals surface area (Å²) in [4.78, 5) is 26.5. The summed E-state index contributed by atoms with van der Waals surface area (Å²) in [5.74, 6) is 1.35. The van der Waals surface area contributed by atoms with Crippen molar-refractivity contribution in [2.24, 2.45) is 0 Å². The number of aryl methyl sites for hydroxylation is 1. The first-order valence-corrected chi connectivity index (χ1v) is 9.53. The van der Waals surface area contributed by atoms with Crippen molar-refractivity contribution in [1.82, 2.24) is 10.1 Å². The van der Waals surface area contributed by atoms with Crippen molar-refractivity contribution in [2.45, 2.75) is 40.0 Å². The summed E-state index contributed by atoms with van der Waals surface area (Å²) >= 11 is 0. The van der Waals surface area contributed by atoms with Gasteiger partial charge in [0.05, 0.1) is 6.61 Å². The number of ether oxygens (including phenoxy) is 1. The maximum atomic E-state index is 12.7. The first-order valence-electron chi connectivity index (χ1n) is 9.53. The molecule has 2 N–H and O–H groups in total. The zero-order chi connectivity index (χ0) is 20.4. The third-order valence-corrected chi connectivity index (χ3v) is 3.97. The summed E-state index contributed by atoms with van der Waals surface area (Å²) in [6.07, 6.45) is 2.83. The average Bonchev–Trinajstić information content (AvgIpc) is 3.07. The van der Waals surface area contributed by atoms with Crippen molar-refractivity contribution in [3.63, 3.8) is 0 Å². The maximum absolute atomic E-state index is 12.7. The minimum absolute atomic E-state index is 0.0709. The number of unbranched alkanes of at least 4 members (excludes halogenated alkanes) is 2. The SMILES string of the molecule is CCCCCN(CC(=O)Nc1cc(C)on1)C(=O)Nc1ccc(OCC)cc1. The topological polar surface area (TPSA) is 96.7 Å². The molecule has 152 valence electrons. The monoisotopic (exact) mass is 388 g/mol. The average molecular weight is 388 g/mol. The fourth-order valence-corrected chi connectivity index (χ4v) is 2.59. The molecule has 1 heterocycles. The third kappa shape index (κ3) is 6.94. The van der Waals surface area contributed by atoms with E-state index in [4.69, 9.17) is 9.26 Å². The Bertz CT molecular complexity index is 758. The van der Waals surface area contributed by atoms with Crippen molar-refractivity contribution in [2.75, 3.05) is 30.3 Å². The summed E-state index contributed by atoms with van der Waals surface area (Å²) < 4.78 is 10.3. The Morgan fingerprint density at radius 2 is 1.89 bits per heavy atom. The van der Waals surface area contributed by atoms with E-state index in [0.29, 0.717) is 30.4 Å². The molecule has 0 radical (unpaired) electrons. The second-order valence-electron chi connectivity index (χ2n) is 6.39. The predicted molar refractivity (Wildman–Crippen MR) is 108 cm³/mol. The van der Waals surface area contributed by atoms with Gasteiger partial charge in [-0.1, -0.05) is 24.9 Å². The molecule has 0 aliphatic rings. The summed E-state index contributed by atoms with van der Waals surface area (Å²) in [5, 5.41) is 9.21. The fourth-order valence-electron chi connectivity index (χ4n) is 2.59. The molecular formula is C20H28N4O4. The van der Waals surface area contributed by atoms with E-state index in [2.05, 4.69) is 22.7 Å². The van der Waals surface area contributed by atoms with Crippen LogP contribution in [0.3, 0.4) is 0 Å². The van der Waals surface area contributed by atoms with Crippen LogP contribution in [0, 0.1) is 6.92 Å². The highest BCUT2D eigenvalue weighted by Gasteiger charge is 2.18. The van der Waals surface area contributed by atoms with E-state index in [1.807, 2.05) is 6.92 Å². The lowest BCUT2D eigenvalue weighted by molar-refractivity contribution is -0.116. The Morgan fingerprint density at radius 1 is 1.14 bits per heavy atom. The van der Waals surface area contributed by atoms with Gasteiger partial charge in [-0.05, 0) is 44.5 Å². The predicted octanol–water partition coefficient (Wildman–Crippen LogP) is 4.04. The summed E-state index contributed by atoms with van der Waals surface area (Å²) in [7, 11) is 0. The van der Waals surface area contributed by atoms with Crippen LogP contribution in [0.2, 0.25) is 0 Å². The smallest absolute Gasteiger partial charge is 0.322 e. The molecule has 0 atom stereocenters. The van der Waals surface area contributed by atoms with E-state index >= 15 is 0 Å². The van der Waals surface area contributed by atoms with E-state index in [-0.39, 0.29) is 18.5 Å². The first-order chi connectivity index (χ1) is 13.5. The molecular weight excluding hydrogens is 360 g/mol. The molecule has 0 bridgehead atoms. The summed E-state index contributed by atoms with van der Waals surface area (Å²) in [6.45, 7) is 6.74. The minimum atomic E-state index is -0.327. The van der Waals surface area contributed by atoms with Crippen LogP contribution < -0.4 is 15.4 Å². The Kier molecular flexibility index (Phi) is 8.33. The lowest BCUT2D eigenvalue weighted by Gasteiger charge is -2.22. The van der Waals surface area contributed by atoms with Gasteiger partial charge in [0.15, 0.2) is 5.82 Å². The van der Waals surface area contributed by atoms with Gasteiger partial charge in [0.2, 0.25) is 5.91 Å². The van der Waals surface area contributed by atoms with Crippen molar-refractivity contribution in [1.29, 1.82) is 0 Å². The Hall–Kier alpha value is -3.03. The first kappa shape index (κ1) is 21.3. The highest BCUT2D eigenvalue weighted by Crippen LogP contribution is 2.16. The molecule has 8 heteroatoms. The van der Waals surface area contributed by atoms with Gasteiger partial charge in [-0.2, -0.15) is 0 Å². The molecule has 0 saturated heterocycles. The van der Waals surface area contributed by atoms with Crippen LogP contribution >= 0.6 is 0 Å². The molecule has 0 aliphatic heterocycles. The molecule has 2 rings (SSSR count). The highest BCUT2D eigenvalue weighted by atomic mass is 16.5. The zero-order valence-electron chi connectivity index (χ0n) is 16.7. The highest BCUT2D eigenvalue weighted by molar-refractivity contribution is 5.96. The molecule has 1 aromatic heterocycles. The van der Waals surface area contributed by atoms with Crippen LogP contribution in [-0.2, 0) is 4.79 Å². The van der Waals surface area contributed by atoms with Crippen molar-refractivity contribution >= 4 is 23.4 Å². The molecule has 2 aromatic rings. The molecule has 0 spiro atoms. The molecule has 0 fully saturated rings. The van der Waals surface area contributed by atoms with Crippen molar-refractivity contribution in [3.8, 4) is 5.75 Å². The third-order valence-electron chi connectivity index (χ3n) is 3.97. The summed E-state index contributed by atoms with van der Waals surface area (Å²) in [5.41, 5.74) is 0.640. The van der Waals surface area contributed by atoms with Gasteiger partial charge in [0.25, 0.3) is 0 Å². The molecule has 8 nitrogen and oxygen atoms in total. The van der Waals surface area contributed by atoms with E-state index in [9.17, 15) is 9.59 Å². The fraction of sp³-hybridized carbons (Fsp3) is 0.450. The number of nitrogens with one attached hydrogen (secondary N) is 2. The van der Waals surface area contributed by atoms with Crippen molar-refractivity contribution < 1.29 is 18.8 Å². The number of anilines is 2. The van der Waals surface area contributed by atoms with Gasteiger partial charge in [-0.25, -0.2) is 4.79 Å². The van der Waals surface area contributed by atoms with E-state index in [0.717, 1.165) is 25.0 Å². The molecule has 0 aliphatic carbocycles. The number of amides is 3. The number of hydrogen-bond acceptors (Lipinski definition) is 5. The molecule has 3 amide bonds. The van der Waals surface area contributed by atoms with Gasteiger partial charge in [-0.15, -0.1) is 0 Å². The van der Waals surface area contributed by atoms with Gasteiger partial charge in [0.1, 0.15) is 18.1 Å². The van der Waals surface area contributed by atoms with E-state index in [1.165, 1.54) is 4.90 Å². The number of urea groups is 1. The van der Waals surface area contributed by atoms with Crippen LogP contribution in [0.1, 0.15) is 38.9 Å². The molecule has 28 heavy (non-hydrogen) atoms. The number of nitrogens with zero attached hydrogens (tertiary/aromatic N) is 2. The molecule has 0 saturated carbocycles. The van der Waals surface area contributed by atoms with Gasteiger partial charge in [-0.3, -0.25) is 4.79 Å². The number of aromatic nitrogens is 1. The number of hydrogen-bond donors (Lipinski definition) is 2.